The number of methoxy groups -OCH3 is 1. The van der Waals surface area contributed by atoms with Gasteiger partial charge in [-0.2, -0.15) is 0 Å². The van der Waals surface area contributed by atoms with Gasteiger partial charge in [-0.1, -0.05) is 20.8 Å². The summed E-state index contributed by atoms with van der Waals surface area (Å²) in [7, 11) is 3.68. The molecule has 1 saturated heterocycles. The van der Waals surface area contributed by atoms with Crippen molar-refractivity contribution in [1.29, 1.82) is 0 Å². The molecule has 7 nitrogen and oxygen atoms in total. The molecule has 1 fully saturated rings. The normalized spacial score (nSPS) is 21.0. The van der Waals surface area contributed by atoms with Crippen molar-refractivity contribution >= 4 is 5.82 Å². The second-order valence-electron chi connectivity index (χ2n) is 7.91. The molecule has 0 unspecified atom stereocenters. The predicted octanol–water partition coefficient (Wildman–Crippen LogP) is 2.99. The lowest BCUT2D eigenvalue weighted by molar-refractivity contribution is 0.00553. The molecule has 0 amide bonds. The van der Waals surface area contributed by atoms with Gasteiger partial charge in [-0.05, 0) is 12.8 Å². The van der Waals surface area contributed by atoms with Crippen LogP contribution in [0.15, 0.2) is 18.6 Å². The molecule has 1 aliphatic rings. The van der Waals surface area contributed by atoms with E-state index in [-0.39, 0.29) is 11.5 Å². The zero-order valence-corrected chi connectivity index (χ0v) is 16.3. The average molecular weight is 359 g/mol. The summed E-state index contributed by atoms with van der Waals surface area (Å²) in [6.45, 7) is 7.56. The van der Waals surface area contributed by atoms with Crippen molar-refractivity contribution in [2.45, 2.75) is 57.8 Å². The molecule has 0 saturated carbocycles. The van der Waals surface area contributed by atoms with E-state index in [4.69, 9.17) is 14.5 Å². The van der Waals surface area contributed by atoms with Gasteiger partial charge in [0.25, 0.3) is 0 Å². The Labute approximate surface area is 155 Å². The van der Waals surface area contributed by atoms with Crippen LogP contribution in [0.25, 0.3) is 0 Å². The second kappa shape index (κ2) is 7.72. The van der Waals surface area contributed by atoms with Crippen LogP contribution < -0.4 is 5.32 Å². The maximum absolute atomic E-state index is 5.96. The van der Waals surface area contributed by atoms with Crippen LogP contribution in [0.5, 0.6) is 0 Å². The maximum atomic E-state index is 5.96. The van der Waals surface area contributed by atoms with E-state index < -0.39 is 0 Å². The summed E-state index contributed by atoms with van der Waals surface area (Å²) in [4.78, 5) is 13.6. The second-order valence-corrected chi connectivity index (χ2v) is 7.91. The first kappa shape index (κ1) is 18.8. The molecule has 1 N–H and O–H groups in total. The van der Waals surface area contributed by atoms with Crippen LogP contribution in [0, 0.1) is 0 Å². The number of nitrogens with one attached hydrogen (secondary N) is 1. The summed E-state index contributed by atoms with van der Waals surface area (Å²) in [6.07, 6.45) is 5.58. The molecule has 0 bridgehead atoms. The number of imidazole rings is 1. The highest BCUT2D eigenvalue weighted by Gasteiger charge is 2.27. The molecule has 7 heteroatoms. The summed E-state index contributed by atoms with van der Waals surface area (Å²) in [5.74, 6) is 1.68. The number of hydrogen-bond donors (Lipinski definition) is 1. The van der Waals surface area contributed by atoms with Gasteiger partial charge in [-0.15, -0.1) is 0 Å². The molecule has 2 aromatic rings. The third kappa shape index (κ3) is 4.40. The van der Waals surface area contributed by atoms with Crippen LogP contribution in [0.1, 0.15) is 56.9 Å². The van der Waals surface area contributed by atoms with Gasteiger partial charge in [0.1, 0.15) is 17.7 Å². The van der Waals surface area contributed by atoms with Crippen molar-refractivity contribution in [3.05, 3.63) is 35.8 Å². The van der Waals surface area contributed by atoms with Gasteiger partial charge in [0, 0.05) is 38.3 Å². The molecule has 0 aliphatic carbocycles. The topological polar surface area (TPSA) is 74.1 Å². The van der Waals surface area contributed by atoms with Gasteiger partial charge in [0.05, 0.1) is 30.5 Å². The zero-order chi connectivity index (χ0) is 18.7. The largest absolute Gasteiger partial charge is 0.378 e. The Hall–Kier alpha value is -1.99. The minimum absolute atomic E-state index is 0.0520. The molecule has 26 heavy (non-hydrogen) atoms. The van der Waals surface area contributed by atoms with Gasteiger partial charge in [0.15, 0.2) is 0 Å². The van der Waals surface area contributed by atoms with Crippen molar-refractivity contribution in [1.82, 2.24) is 19.5 Å². The number of ether oxygens (including phenoxy) is 2. The molecule has 0 spiro atoms. The zero-order valence-electron chi connectivity index (χ0n) is 16.3. The predicted molar refractivity (Wildman–Crippen MR) is 100.0 cm³/mol. The van der Waals surface area contributed by atoms with Crippen LogP contribution in [-0.4, -0.2) is 39.3 Å². The maximum Gasteiger partial charge on any atom is 0.136 e. The Morgan fingerprint density at radius 1 is 1.35 bits per heavy atom. The highest BCUT2D eigenvalue weighted by molar-refractivity contribution is 5.38. The van der Waals surface area contributed by atoms with Crippen molar-refractivity contribution in [2.75, 3.05) is 19.0 Å². The molecular weight excluding hydrogens is 330 g/mol. The first-order valence-corrected chi connectivity index (χ1v) is 9.08. The number of hydrogen-bond acceptors (Lipinski definition) is 6. The van der Waals surface area contributed by atoms with E-state index >= 15 is 0 Å². The fourth-order valence-electron chi connectivity index (χ4n) is 3.15. The molecule has 3 heterocycles. The minimum Gasteiger partial charge on any atom is -0.378 e. The molecular formula is C19H29N5O2. The lowest BCUT2D eigenvalue weighted by Gasteiger charge is -2.31. The highest BCUT2D eigenvalue weighted by atomic mass is 16.5. The number of aryl methyl sites for hydroxylation is 1. The van der Waals surface area contributed by atoms with Gasteiger partial charge >= 0.3 is 0 Å². The molecule has 142 valence electrons. The van der Waals surface area contributed by atoms with E-state index in [0.717, 1.165) is 42.5 Å². The van der Waals surface area contributed by atoms with E-state index in [1.54, 1.807) is 7.11 Å². The Balaban J connectivity index is 1.77. The average Bonchev–Trinajstić information content (AvgIpc) is 3.00. The standard InChI is InChI=1S/C19H29N5O2/c1-19(2,3)18-22-14(11-25-5)9-17(23-18)21-13-6-7-26-16(8-13)15-10-20-12-24(15)4/h9-10,12-13,16H,6-8,11H2,1-5H3,(H,21,22,23)/t13-,16-/m1/s1. The van der Waals surface area contributed by atoms with E-state index in [2.05, 4.69) is 36.1 Å². The van der Waals surface area contributed by atoms with Crippen molar-refractivity contribution in [3.63, 3.8) is 0 Å². The lowest BCUT2D eigenvalue weighted by atomic mass is 9.95. The van der Waals surface area contributed by atoms with E-state index in [0.29, 0.717) is 12.6 Å². The van der Waals surface area contributed by atoms with Crippen molar-refractivity contribution in [2.24, 2.45) is 7.05 Å². The molecule has 0 aromatic carbocycles. The van der Waals surface area contributed by atoms with Crippen molar-refractivity contribution in [3.8, 4) is 0 Å². The summed E-state index contributed by atoms with van der Waals surface area (Å²) >= 11 is 0. The number of aromatic nitrogens is 4. The number of anilines is 1. The lowest BCUT2D eigenvalue weighted by Crippen LogP contribution is -2.31. The summed E-state index contributed by atoms with van der Waals surface area (Å²) in [5, 5.41) is 3.59. The summed E-state index contributed by atoms with van der Waals surface area (Å²) in [5.41, 5.74) is 1.88. The quantitative estimate of drug-likeness (QED) is 0.885. The van der Waals surface area contributed by atoms with E-state index in [1.807, 2.05) is 30.2 Å². The third-order valence-corrected chi connectivity index (χ3v) is 4.56. The van der Waals surface area contributed by atoms with Gasteiger partial charge in [-0.3, -0.25) is 0 Å². The fraction of sp³-hybridized carbons (Fsp3) is 0.632. The van der Waals surface area contributed by atoms with Gasteiger partial charge in [0.2, 0.25) is 0 Å². The van der Waals surface area contributed by atoms with E-state index in [1.165, 1.54) is 0 Å². The Kier molecular flexibility index (Phi) is 5.58. The Morgan fingerprint density at radius 3 is 2.81 bits per heavy atom. The molecule has 2 atom stereocenters. The molecule has 1 aliphatic heterocycles. The molecule has 2 aromatic heterocycles. The minimum atomic E-state index is -0.118. The van der Waals surface area contributed by atoms with Crippen LogP contribution in [-0.2, 0) is 28.5 Å². The highest BCUT2D eigenvalue weighted by Crippen LogP contribution is 2.29. The van der Waals surface area contributed by atoms with Crippen LogP contribution in [0.2, 0.25) is 0 Å². The first-order chi connectivity index (χ1) is 12.4. The molecule has 3 rings (SSSR count). The summed E-state index contributed by atoms with van der Waals surface area (Å²) < 4.78 is 13.2. The van der Waals surface area contributed by atoms with Crippen LogP contribution >= 0.6 is 0 Å². The van der Waals surface area contributed by atoms with E-state index in [9.17, 15) is 0 Å². The van der Waals surface area contributed by atoms with Gasteiger partial charge < -0.3 is 19.4 Å². The molecule has 0 radical (unpaired) electrons. The smallest absolute Gasteiger partial charge is 0.136 e. The fourth-order valence-corrected chi connectivity index (χ4v) is 3.15. The SMILES string of the molecule is COCc1cc(N[C@@H]2CCO[C@@H](c3cncn3C)C2)nc(C(C)(C)C)n1. The van der Waals surface area contributed by atoms with Gasteiger partial charge in [-0.25, -0.2) is 15.0 Å². The Morgan fingerprint density at radius 2 is 2.15 bits per heavy atom. The van der Waals surface area contributed by atoms with Crippen LogP contribution in [0.4, 0.5) is 5.82 Å². The Bertz CT molecular complexity index is 738. The van der Waals surface area contributed by atoms with Crippen molar-refractivity contribution < 1.29 is 9.47 Å². The third-order valence-electron chi connectivity index (χ3n) is 4.56. The summed E-state index contributed by atoms with van der Waals surface area (Å²) in [6, 6.07) is 2.27. The number of nitrogens with zero attached hydrogens (tertiary/aromatic N) is 4. The monoisotopic (exact) mass is 359 g/mol. The van der Waals surface area contributed by atoms with Crippen LogP contribution in [0.3, 0.4) is 0 Å². The number of rotatable bonds is 5. The first-order valence-electron chi connectivity index (χ1n) is 9.08.